The quantitative estimate of drug-likeness (QED) is 0.563. The van der Waals surface area contributed by atoms with Crippen LogP contribution in [0.2, 0.25) is 0 Å². The van der Waals surface area contributed by atoms with Crippen LogP contribution in [0.4, 0.5) is 0 Å². The van der Waals surface area contributed by atoms with Crippen molar-refractivity contribution in [1.29, 1.82) is 0 Å². The van der Waals surface area contributed by atoms with Crippen molar-refractivity contribution in [2.45, 2.75) is 19.4 Å². The van der Waals surface area contributed by atoms with Gasteiger partial charge in [0.05, 0.1) is 5.69 Å². The standard InChI is InChI=1S/C17H13N5O2S/c1-10-14(22-7-8-25-17(22)18-10)15-19-16(24-21-15)12-9-13(23-20-12)11-5-3-2-4-6-11/h2-8,13H,9H2,1H3. The van der Waals surface area contributed by atoms with Crippen molar-refractivity contribution in [2.24, 2.45) is 5.16 Å². The molecule has 0 bridgehead atoms. The Morgan fingerprint density at radius 2 is 2.08 bits per heavy atom. The second kappa shape index (κ2) is 5.52. The van der Waals surface area contributed by atoms with Gasteiger partial charge in [-0.1, -0.05) is 40.6 Å². The molecular formula is C17H13N5O2S. The number of fused-ring (bicyclic) bond motifs is 1. The van der Waals surface area contributed by atoms with Crippen molar-refractivity contribution in [1.82, 2.24) is 19.5 Å². The van der Waals surface area contributed by atoms with Crippen LogP contribution in [-0.2, 0) is 4.84 Å². The van der Waals surface area contributed by atoms with Crippen LogP contribution in [0.25, 0.3) is 16.5 Å². The summed E-state index contributed by atoms with van der Waals surface area (Å²) in [5.41, 5.74) is 3.44. The van der Waals surface area contributed by atoms with Crippen LogP contribution in [0, 0.1) is 6.92 Å². The molecular weight excluding hydrogens is 338 g/mol. The van der Waals surface area contributed by atoms with E-state index in [9.17, 15) is 0 Å². The summed E-state index contributed by atoms with van der Waals surface area (Å²) in [5, 5.41) is 10.2. The number of thiazole rings is 1. The van der Waals surface area contributed by atoms with Gasteiger partial charge >= 0.3 is 0 Å². The van der Waals surface area contributed by atoms with Crippen molar-refractivity contribution >= 4 is 22.0 Å². The zero-order valence-electron chi connectivity index (χ0n) is 13.3. The third-order valence-electron chi connectivity index (χ3n) is 4.16. The highest BCUT2D eigenvalue weighted by Crippen LogP contribution is 2.30. The molecule has 4 heterocycles. The van der Waals surface area contributed by atoms with Gasteiger partial charge in [-0.15, -0.1) is 11.3 Å². The van der Waals surface area contributed by atoms with E-state index in [0.29, 0.717) is 23.8 Å². The van der Waals surface area contributed by atoms with Crippen molar-refractivity contribution in [3.8, 4) is 11.5 Å². The van der Waals surface area contributed by atoms with Crippen molar-refractivity contribution < 1.29 is 9.36 Å². The molecule has 124 valence electrons. The summed E-state index contributed by atoms with van der Waals surface area (Å²) in [6.45, 7) is 1.94. The normalized spacial score (nSPS) is 17.0. The molecule has 25 heavy (non-hydrogen) atoms. The second-order valence-corrected chi connectivity index (χ2v) is 6.64. The fraction of sp³-hybridized carbons (Fsp3) is 0.176. The maximum absolute atomic E-state index is 5.53. The van der Waals surface area contributed by atoms with E-state index in [1.165, 1.54) is 0 Å². The smallest absolute Gasteiger partial charge is 0.276 e. The highest BCUT2D eigenvalue weighted by atomic mass is 32.1. The van der Waals surface area contributed by atoms with Gasteiger partial charge in [0, 0.05) is 18.0 Å². The molecule has 0 saturated heterocycles. The zero-order valence-corrected chi connectivity index (χ0v) is 14.1. The van der Waals surface area contributed by atoms with E-state index in [4.69, 9.17) is 9.36 Å². The predicted molar refractivity (Wildman–Crippen MR) is 92.5 cm³/mol. The summed E-state index contributed by atoms with van der Waals surface area (Å²) < 4.78 is 7.39. The molecule has 0 saturated carbocycles. The zero-order chi connectivity index (χ0) is 16.8. The van der Waals surface area contributed by atoms with Gasteiger partial charge in [-0.05, 0) is 12.5 Å². The summed E-state index contributed by atoms with van der Waals surface area (Å²) in [6, 6.07) is 9.98. The van der Waals surface area contributed by atoms with E-state index in [-0.39, 0.29) is 6.10 Å². The van der Waals surface area contributed by atoms with E-state index in [0.717, 1.165) is 21.9 Å². The van der Waals surface area contributed by atoms with E-state index in [1.54, 1.807) is 11.3 Å². The lowest BCUT2D eigenvalue weighted by molar-refractivity contribution is 0.0857. The third kappa shape index (κ3) is 2.33. The summed E-state index contributed by atoms with van der Waals surface area (Å²) in [5.74, 6) is 0.891. The van der Waals surface area contributed by atoms with E-state index >= 15 is 0 Å². The van der Waals surface area contributed by atoms with E-state index in [2.05, 4.69) is 20.3 Å². The van der Waals surface area contributed by atoms with Crippen molar-refractivity contribution in [3.05, 3.63) is 59.1 Å². The van der Waals surface area contributed by atoms with Gasteiger partial charge in [0.2, 0.25) is 5.82 Å². The lowest BCUT2D eigenvalue weighted by Crippen LogP contribution is -2.02. The molecule has 1 aromatic carbocycles. The Labute approximate surface area is 146 Å². The largest absolute Gasteiger partial charge is 0.387 e. The van der Waals surface area contributed by atoms with Crippen LogP contribution in [-0.4, -0.2) is 25.2 Å². The number of hydrogen-bond acceptors (Lipinski definition) is 7. The highest BCUT2D eigenvalue weighted by Gasteiger charge is 2.28. The van der Waals surface area contributed by atoms with Gasteiger partial charge in [0.15, 0.2) is 11.1 Å². The fourth-order valence-electron chi connectivity index (χ4n) is 2.95. The number of aryl methyl sites for hydroxylation is 1. The lowest BCUT2D eigenvalue weighted by Gasteiger charge is -2.06. The van der Waals surface area contributed by atoms with Gasteiger partial charge in [0.25, 0.3) is 5.89 Å². The Balaban J connectivity index is 1.44. The molecule has 1 aliphatic heterocycles. The number of oxime groups is 1. The molecule has 5 rings (SSSR count). The SMILES string of the molecule is Cc1nc2sccn2c1-c1noc(C2=NOC(c3ccccc3)C2)n1. The van der Waals surface area contributed by atoms with Crippen molar-refractivity contribution in [3.63, 3.8) is 0 Å². The Morgan fingerprint density at radius 1 is 1.20 bits per heavy atom. The van der Waals surface area contributed by atoms with E-state index in [1.807, 2.05) is 53.2 Å². The first kappa shape index (κ1) is 14.4. The topological polar surface area (TPSA) is 77.8 Å². The Kier molecular flexibility index (Phi) is 3.17. The predicted octanol–water partition coefficient (Wildman–Crippen LogP) is 3.62. The number of nitrogens with zero attached hydrogens (tertiary/aromatic N) is 5. The first-order chi connectivity index (χ1) is 12.3. The fourth-order valence-corrected chi connectivity index (χ4v) is 3.71. The first-order valence-electron chi connectivity index (χ1n) is 7.84. The molecule has 0 amide bonds. The summed E-state index contributed by atoms with van der Waals surface area (Å²) in [4.78, 5) is 15.5. The lowest BCUT2D eigenvalue weighted by atomic mass is 10.0. The average molecular weight is 351 g/mol. The molecule has 8 heteroatoms. The number of aromatic nitrogens is 4. The van der Waals surface area contributed by atoms with Crippen LogP contribution in [0.3, 0.4) is 0 Å². The van der Waals surface area contributed by atoms with Crippen LogP contribution >= 0.6 is 11.3 Å². The Hall–Kier alpha value is -3.00. The minimum absolute atomic E-state index is 0.119. The molecule has 7 nitrogen and oxygen atoms in total. The molecule has 0 fully saturated rings. The second-order valence-electron chi connectivity index (χ2n) is 5.77. The monoisotopic (exact) mass is 351 g/mol. The molecule has 0 aliphatic carbocycles. The Morgan fingerprint density at radius 3 is 2.96 bits per heavy atom. The minimum atomic E-state index is -0.119. The highest BCUT2D eigenvalue weighted by molar-refractivity contribution is 7.15. The molecule has 4 aromatic rings. The number of rotatable bonds is 3. The van der Waals surface area contributed by atoms with Crippen LogP contribution in [0.15, 0.2) is 51.6 Å². The minimum Gasteiger partial charge on any atom is -0.387 e. The van der Waals surface area contributed by atoms with Gasteiger partial charge in [-0.2, -0.15) is 4.98 Å². The summed E-state index contributed by atoms with van der Waals surface area (Å²) >= 11 is 1.57. The molecule has 1 atom stereocenters. The average Bonchev–Trinajstić information content (AvgIpc) is 3.39. The molecule has 0 N–H and O–H groups in total. The van der Waals surface area contributed by atoms with Gasteiger partial charge in [0.1, 0.15) is 11.4 Å². The molecule has 0 radical (unpaired) electrons. The number of hydrogen-bond donors (Lipinski definition) is 0. The summed E-state index contributed by atoms with van der Waals surface area (Å²) in [6.07, 6.45) is 2.43. The maximum Gasteiger partial charge on any atom is 0.276 e. The van der Waals surface area contributed by atoms with Crippen molar-refractivity contribution in [2.75, 3.05) is 0 Å². The molecule has 1 aliphatic rings. The number of benzene rings is 1. The van der Waals surface area contributed by atoms with Crippen LogP contribution < -0.4 is 0 Å². The third-order valence-corrected chi connectivity index (χ3v) is 4.92. The molecule has 1 unspecified atom stereocenters. The van der Waals surface area contributed by atoms with Crippen LogP contribution in [0.1, 0.15) is 29.7 Å². The first-order valence-corrected chi connectivity index (χ1v) is 8.72. The number of imidazole rings is 1. The van der Waals surface area contributed by atoms with Gasteiger partial charge in [-0.25, -0.2) is 4.98 Å². The van der Waals surface area contributed by atoms with E-state index < -0.39 is 0 Å². The summed E-state index contributed by atoms with van der Waals surface area (Å²) in [7, 11) is 0. The maximum atomic E-state index is 5.53. The van der Waals surface area contributed by atoms with Gasteiger partial charge in [-0.3, -0.25) is 4.40 Å². The Bertz CT molecular complexity index is 1080. The molecule has 0 spiro atoms. The molecule has 3 aromatic heterocycles. The van der Waals surface area contributed by atoms with Gasteiger partial charge < -0.3 is 9.36 Å². The van der Waals surface area contributed by atoms with Crippen LogP contribution in [0.5, 0.6) is 0 Å².